The van der Waals surface area contributed by atoms with Gasteiger partial charge >= 0.3 is 0 Å². The van der Waals surface area contributed by atoms with Gasteiger partial charge in [0.25, 0.3) is 0 Å². The fraction of sp³-hybridized carbons (Fsp3) is 0.200. The van der Waals surface area contributed by atoms with E-state index in [9.17, 15) is 4.39 Å². The fourth-order valence-electron chi connectivity index (χ4n) is 1.42. The van der Waals surface area contributed by atoms with Gasteiger partial charge in [-0.25, -0.2) is 4.39 Å². The predicted molar refractivity (Wildman–Crippen MR) is 66.2 cm³/mol. The molecule has 0 amide bonds. The summed E-state index contributed by atoms with van der Waals surface area (Å²) in [5.74, 6) is -0.148. The highest BCUT2D eigenvalue weighted by atomic mass is 79.9. The van der Waals surface area contributed by atoms with E-state index in [0.717, 1.165) is 14.9 Å². The van der Waals surface area contributed by atoms with Gasteiger partial charge in [0.2, 0.25) is 0 Å². The Hall–Kier alpha value is -0.0600. The molecule has 2 aromatic rings. The third kappa shape index (κ3) is 1.71. The summed E-state index contributed by atoms with van der Waals surface area (Å²) in [5.41, 5.74) is 1.24. The fourth-order valence-corrected chi connectivity index (χ4v) is 3.83. The van der Waals surface area contributed by atoms with Crippen molar-refractivity contribution in [2.24, 2.45) is 0 Å². The molecule has 0 saturated heterocycles. The average molecular weight is 291 g/mol. The van der Waals surface area contributed by atoms with Gasteiger partial charge in [-0.05, 0) is 29.3 Å². The van der Waals surface area contributed by atoms with Crippen LogP contribution in [0.1, 0.15) is 5.56 Å². The molecule has 0 atom stereocenters. The van der Waals surface area contributed by atoms with E-state index in [1.807, 2.05) is 6.26 Å². The monoisotopic (exact) mass is 290 g/mol. The first-order valence-corrected chi connectivity index (χ1v) is 7.28. The number of halogens is 2. The SMILES string of the molecule is CSc1cc(F)cc2scc(CBr)c12. The topological polar surface area (TPSA) is 0 Å². The number of hydrogen-bond donors (Lipinski definition) is 0. The van der Waals surface area contributed by atoms with Crippen LogP contribution in [0.25, 0.3) is 10.1 Å². The molecule has 0 radical (unpaired) electrons. The summed E-state index contributed by atoms with van der Waals surface area (Å²) in [7, 11) is 0. The Kier molecular flexibility index (Phi) is 3.14. The molecule has 0 bridgehead atoms. The lowest BCUT2D eigenvalue weighted by atomic mass is 10.2. The van der Waals surface area contributed by atoms with Crippen molar-refractivity contribution in [3.8, 4) is 0 Å². The van der Waals surface area contributed by atoms with Gasteiger partial charge in [0.05, 0.1) is 0 Å². The van der Waals surface area contributed by atoms with Crippen LogP contribution < -0.4 is 0 Å². The lowest BCUT2D eigenvalue weighted by Gasteiger charge is -2.01. The first-order chi connectivity index (χ1) is 6.76. The van der Waals surface area contributed by atoms with Crippen molar-refractivity contribution < 1.29 is 4.39 Å². The van der Waals surface area contributed by atoms with Crippen molar-refractivity contribution in [3.05, 3.63) is 28.9 Å². The van der Waals surface area contributed by atoms with Gasteiger partial charge in [-0.2, -0.15) is 0 Å². The molecule has 0 aliphatic carbocycles. The normalized spacial score (nSPS) is 11.1. The standard InChI is InChI=1S/C10H8BrFS2/c1-13-8-2-7(12)3-9-10(8)6(4-11)5-14-9/h2-3,5H,4H2,1H3. The zero-order valence-electron chi connectivity index (χ0n) is 7.51. The molecule has 0 fully saturated rings. The van der Waals surface area contributed by atoms with Crippen LogP contribution in [-0.4, -0.2) is 6.26 Å². The molecule has 14 heavy (non-hydrogen) atoms. The number of benzene rings is 1. The summed E-state index contributed by atoms with van der Waals surface area (Å²) in [6, 6.07) is 3.21. The van der Waals surface area contributed by atoms with Crippen LogP contribution in [0.15, 0.2) is 22.4 Å². The Bertz CT molecular complexity index is 464. The van der Waals surface area contributed by atoms with Gasteiger partial charge in [-0.3, -0.25) is 0 Å². The van der Waals surface area contributed by atoms with Crippen molar-refractivity contribution in [2.45, 2.75) is 10.2 Å². The minimum Gasteiger partial charge on any atom is -0.207 e. The molecule has 0 aliphatic rings. The summed E-state index contributed by atoms with van der Waals surface area (Å²) in [4.78, 5) is 1.02. The molecule has 1 heterocycles. The van der Waals surface area contributed by atoms with Gasteiger partial charge in [0, 0.05) is 20.3 Å². The van der Waals surface area contributed by atoms with E-state index in [1.54, 1.807) is 35.2 Å². The second-order valence-electron chi connectivity index (χ2n) is 2.88. The maximum absolute atomic E-state index is 13.2. The zero-order chi connectivity index (χ0) is 10.1. The zero-order valence-corrected chi connectivity index (χ0v) is 10.7. The minimum atomic E-state index is -0.148. The highest BCUT2D eigenvalue weighted by molar-refractivity contribution is 9.08. The van der Waals surface area contributed by atoms with Crippen LogP contribution in [-0.2, 0) is 5.33 Å². The summed E-state index contributed by atoms with van der Waals surface area (Å²) >= 11 is 6.63. The predicted octanol–water partition coefficient (Wildman–Crippen LogP) is 4.66. The first kappa shape index (κ1) is 10.5. The molecule has 0 aliphatic heterocycles. The van der Waals surface area contributed by atoms with Gasteiger partial charge in [0.1, 0.15) is 5.82 Å². The van der Waals surface area contributed by atoms with Crippen LogP contribution in [0.4, 0.5) is 4.39 Å². The number of alkyl halides is 1. The molecule has 0 nitrogen and oxygen atoms in total. The molecule has 1 aromatic heterocycles. The Morgan fingerprint density at radius 3 is 2.93 bits per heavy atom. The highest BCUT2D eigenvalue weighted by Crippen LogP contribution is 2.35. The third-order valence-electron chi connectivity index (χ3n) is 2.04. The van der Waals surface area contributed by atoms with Crippen molar-refractivity contribution >= 4 is 49.1 Å². The number of fused-ring (bicyclic) bond motifs is 1. The van der Waals surface area contributed by atoms with Crippen molar-refractivity contribution in [1.29, 1.82) is 0 Å². The average Bonchev–Trinajstić information content (AvgIpc) is 2.59. The van der Waals surface area contributed by atoms with Gasteiger partial charge < -0.3 is 0 Å². The van der Waals surface area contributed by atoms with E-state index >= 15 is 0 Å². The summed E-state index contributed by atoms with van der Waals surface area (Å²) in [6.07, 6.45) is 1.98. The van der Waals surface area contributed by atoms with Crippen molar-refractivity contribution in [1.82, 2.24) is 0 Å². The van der Waals surface area contributed by atoms with Crippen LogP contribution >= 0.6 is 39.0 Å². The second-order valence-corrected chi connectivity index (χ2v) is 5.20. The Morgan fingerprint density at radius 2 is 2.29 bits per heavy atom. The highest BCUT2D eigenvalue weighted by Gasteiger charge is 2.09. The van der Waals surface area contributed by atoms with E-state index in [4.69, 9.17) is 0 Å². The minimum absolute atomic E-state index is 0.148. The molecule has 1 aromatic carbocycles. The first-order valence-electron chi connectivity index (χ1n) is 4.06. The van der Waals surface area contributed by atoms with E-state index in [2.05, 4.69) is 21.3 Å². The lowest BCUT2D eigenvalue weighted by Crippen LogP contribution is -1.80. The van der Waals surface area contributed by atoms with Crippen LogP contribution in [0.2, 0.25) is 0 Å². The van der Waals surface area contributed by atoms with Crippen LogP contribution in [0.3, 0.4) is 0 Å². The van der Waals surface area contributed by atoms with Gasteiger partial charge in [-0.15, -0.1) is 23.1 Å². The summed E-state index contributed by atoms with van der Waals surface area (Å²) in [6.45, 7) is 0. The molecule has 74 valence electrons. The number of thioether (sulfide) groups is 1. The van der Waals surface area contributed by atoms with E-state index < -0.39 is 0 Å². The maximum Gasteiger partial charge on any atom is 0.125 e. The molecule has 2 rings (SSSR count). The maximum atomic E-state index is 13.2. The number of thiophene rings is 1. The Morgan fingerprint density at radius 1 is 1.50 bits per heavy atom. The lowest BCUT2D eigenvalue weighted by molar-refractivity contribution is 0.627. The number of rotatable bonds is 2. The van der Waals surface area contributed by atoms with Crippen molar-refractivity contribution in [2.75, 3.05) is 6.26 Å². The van der Waals surface area contributed by atoms with Crippen LogP contribution in [0.5, 0.6) is 0 Å². The molecular formula is C10H8BrFS2. The van der Waals surface area contributed by atoms with E-state index in [-0.39, 0.29) is 5.82 Å². The van der Waals surface area contributed by atoms with Crippen molar-refractivity contribution in [3.63, 3.8) is 0 Å². The Balaban J connectivity index is 2.78. The quantitative estimate of drug-likeness (QED) is 0.573. The van der Waals surface area contributed by atoms with Crippen LogP contribution in [0, 0.1) is 5.82 Å². The molecule has 4 heteroatoms. The largest absolute Gasteiger partial charge is 0.207 e. The van der Waals surface area contributed by atoms with E-state index in [1.165, 1.54) is 10.9 Å². The second kappa shape index (κ2) is 4.21. The summed E-state index contributed by atoms with van der Waals surface area (Å²) in [5, 5.41) is 4.10. The van der Waals surface area contributed by atoms with Gasteiger partial charge in [0.15, 0.2) is 0 Å². The van der Waals surface area contributed by atoms with E-state index in [0.29, 0.717) is 0 Å². The molecular weight excluding hydrogens is 283 g/mol. The smallest absolute Gasteiger partial charge is 0.125 e. The molecule has 0 spiro atoms. The number of hydrogen-bond acceptors (Lipinski definition) is 2. The summed E-state index contributed by atoms with van der Waals surface area (Å²) < 4.78 is 14.2. The van der Waals surface area contributed by atoms with Gasteiger partial charge in [-0.1, -0.05) is 15.9 Å². The Labute approximate surface area is 98.6 Å². The third-order valence-corrected chi connectivity index (χ3v) is 4.39. The molecule has 0 N–H and O–H groups in total. The molecule has 0 unspecified atom stereocenters. The molecule has 0 saturated carbocycles.